The lowest BCUT2D eigenvalue weighted by Gasteiger charge is -2.19. The van der Waals surface area contributed by atoms with Gasteiger partial charge in [0.15, 0.2) is 0 Å². The van der Waals surface area contributed by atoms with E-state index in [-0.39, 0.29) is 12.0 Å². The first kappa shape index (κ1) is 11.9. The first-order valence-electron chi connectivity index (χ1n) is 6.34. The van der Waals surface area contributed by atoms with Gasteiger partial charge in [0.2, 0.25) is 5.91 Å². The Hall–Kier alpha value is -0.610. The molecule has 0 bridgehead atoms. The molecule has 1 N–H and O–H groups in total. The summed E-state index contributed by atoms with van der Waals surface area (Å²) < 4.78 is 5.47. The zero-order valence-electron chi connectivity index (χ0n) is 10.1. The molecule has 0 radical (unpaired) electrons. The molecule has 0 aliphatic carbocycles. The molecular formula is C12H22N2O2. The van der Waals surface area contributed by atoms with Gasteiger partial charge in [-0.2, -0.15) is 0 Å². The van der Waals surface area contributed by atoms with Gasteiger partial charge in [0.25, 0.3) is 0 Å². The molecule has 0 aromatic carbocycles. The van der Waals surface area contributed by atoms with Gasteiger partial charge in [0.1, 0.15) is 0 Å². The summed E-state index contributed by atoms with van der Waals surface area (Å²) in [5, 5.41) is 2.98. The van der Waals surface area contributed by atoms with Crippen LogP contribution in [0.25, 0.3) is 0 Å². The van der Waals surface area contributed by atoms with Gasteiger partial charge in [-0.3, -0.25) is 4.79 Å². The highest BCUT2D eigenvalue weighted by Crippen LogP contribution is 2.17. The van der Waals surface area contributed by atoms with Crippen LogP contribution in [0, 0.1) is 0 Å². The highest BCUT2D eigenvalue weighted by molar-refractivity contribution is 5.76. The normalized spacial score (nSPS) is 30.8. The van der Waals surface area contributed by atoms with E-state index in [1.54, 1.807) is 0 Å². The number of nitrogens with zero attached hydrogens (tertiary/aromatic N) is 1. The Kier molecular flexibility index (Phi) is 4.18. The largest absolute Gasteiger partial charge is 0.376 e. The highest BCUT2D eigenvalue weighted by Gasteiger charge is 2.24. The topological polar surface area (TPSA) is 41.6 Å². The summed E-state index contributed by atoms with van der Waals surface area (Å²) in [7, 11) is 2.10. The van der Waals surface area contributed by atoms with Crippen LogP contribution in [0.5, 0.6) is 0 Å². The smallest absolute Gasteiger partial charge is 0.221 e. The number of hydrogen-bond donors (Lipinski definition) is 1. The Morgan fingerprint density at radius 3 is 2.94 bits per heavy atom. The van der Waals surface area contributed by atoms with E-state index in [9.17, 15) is 4.79 Å². The summed E-state index contributed by atoms with van der Waals surface area (Å²) in [5.74, 6) is 0.175. The Labute approximate surface area is 97.3 Å². The maximum absolute atomic E-state index is 11.7. The Morgan fingerprint density at radius 2 is 2.31 bits per heavy atom. The summed E-state index contributed by atoms with van der Waals surface area (Å²) >= 11 is 0. The van der Waals surface area contributed by atoms with Crippen LogP contribution in [-0.4, -0.2) is 49.7 Å². The predicted molar refractivity (Wildman–Crippen MR) is 62.3 cm³/mol. The van der Waals surface area contributed by atoms with Crippen LogP contribution in [0.1, 0.15) is 32.1 Å². The van der Waals surface area contributed by atoms with Crippen molar-refractivity contribution in [2.75, 3.05) is 26.7 Å². The van der Waals surface area contributed by atoms with Gasteiger partial charge in [-0.05, 0) is 39.3 Å². The van der Waals surface area contributed by atoms with E-state index >= 15 is 0 Å². The molecule has 0 aromatic rings. The van der Waals surface area contributed by atoms with Gasteiger partial charge in [-0.25, -0.2) is 0 Å². The van der Waals surface area contributed by atoms with Crippen molar-refractivity contribution < 1.29 is 9.53 Å². The number of likely N-dealkylation sites (tertiary alicyclic amines) is 1. The third-order valence-corrected chi connectivity index (χ3v) is 3.64. The van der Waals surface area contributed by atoms with Gasteiger partial charge >= 0.3 is 0 Å². The van der Waals surface area contributed by atoms with Crippen LogP contribution >= 0.6 is 0 Å². The van der Waals surface area contributed by atoms with Crippen molar-refractivity contribution in [1.82, 2.24) is 10.2 Å². The van der Waals surface area contributed by atoms with Gasteiger partial charge in [-0.15, -0.1) is 0 Å². The lowest BCUT2D eigenvalue weighted by atomic mass is 10.1. The number of hydrogen-bond acceptors (Lipinski definition) is 3. The quantitative estimate of drug-likeness (QED) is 0.769. The fourth-order valence-electron chi connectivity index (χ4n) is 2.56. The monoisotopic (exact) mass is 226 g/mol. The van der Waals surface area contributed by atoms with Gasteiger partial charge < -0.3 is 15.0 Å². The molecule has 92 valence electrons. The lowest BCUT2D eigenvalue weighted by Crippen LogP contribution is -2.36. The van der Waals surface area contributed by atoms with Crippen LogP contribution in [0.4, 0.5) is 0 Å². The fraction of sp³-hybridized carbons (Fsp3) is 0.917. The molecule has 4 nitrogen and oxygen atoms in total. The molecule has 2 aliphatic rings. The minimum Gasteiger partial charge on any atom is -0.376 e. The summed E-state index contributed by atoms with van der Waals surface area (Å²) in [6.45, 7) is 2.67. The number of carbonyl (C=O) groups is 1. The molecule has 2 heterocycles. The van der Waals surface area contributed by atoms with Crippen LogP contribution in [0.2, 0.25) is 0 Å². The van der Waals surface area contributed by atoms with E-state index in [1.165, 1.54) is 6.42 Å². The lowest BCUT2D eigenvalue weighted by molar-refractivity contribution is -0.122. The zero-order chi connectivity index (χ0) is 11.4. The van der Waals surface area contributed by atoms with Gasteiger partial charge in [0, 0.05) is 25.6 Å². The van der Waals surface area contributed by atoms with Crippen molar-refractivity contribution in [2.45, 2.75) is 44.2 Å². The SMILES string of the molecule is CN1CCCC1CC(=O)NCC1CCCO1. The van der Waals surface area contributed by atoms with Crippen molar-refractivity contribution in [2.24, 2.45) is 0 Å². The van der Waals surface area contributed by atoms with E-state index < -0.39 is 0 Å². The third kappa shape index (κ3) is 3.19. The maximum atomic E-state index is 11.7. The van der Waals surface area contributed by atoms with Crippen molar-refractivity contribution in [1.29, 1.82) is 0 Å². The second-order valence-corrected chi connectivity index (χ2v) is 4.92. The number of nitrogens with one attached hydrogen (secondary N) is 1. The molecule has 4 heteroatoms. The summed E-state index contributed by atoms with van der Waals surface area (Å²) in [5.41, 5.74) is 0. The molecule has 2 rings (SSSR count). The highest BCUT2D eigenvalue weighted by atomic mass is 16.5. The molecule has 2 atom stereocenters. The van der Waals surface area contributed by atoms with Crippen molar-refractivity contribution >= 4 is 5.91 Å². The average Bonchev–Trinajstić information content (AvgIpc) is 2.88. The Morgan fingerprint density at radius 1 is 1.44 bits per heavy atom. The second kappa shape index (κ2) is 5.64. The summed E-state index contributed by atoms with van der Waals surface area (Å²) in [6, 6.07) is 0.449. The predicted octanol–water partition coefficient (Wildman–Crippen LogP) is 0.766. The number of ether oxygens (including phenoxy) is 1. The standard InChI is InChI=1S/C12H22N2O2/c1-14-6-2-4-10(14)8-12(15)13-9-11-5-3-7-16-11/h10-11H,2-9H2,1H3,(H,13,15). The molecule has 2 fully saturated rings. The molecule has 2 unspecified atom stereocenters. The summed E-state index contributed by atoms with van der Waals surface area (Å²) in [4.78, 5) is 14.0. The van der Waals surface area contributed by atoms with E-state index in [4.69, 9.17) is 4.74 Å². The van der Waals surface area contributed by atoms with Crippen LogP contribution < -0.4 is 5.32 Å². The molecule has 2 aliphatic heterocycles. The number of amides is 1. The van der Waals surface area contributed by atoms with E-state index in [1.807, 2.05) is 0 Å². The molecule has 0 spiro atoms. The zero-order valence-corrected chi connectivity index (χ0v) is 10.1. The minimum atomic E-state index is 0.175. The fourth-order valence-corrected chi connectivity index (χ4v) is 2.56. The number of carbonyl (C=O) groups excluding carboxylic acids is 1. The van der Waals surface area contributed by atoms with Crippen LogP contribution in [0.3, 0.4) is 0 Å². The van der Waals surface area contributed by atoms with Gasteiger partial charge in [0.05, 0.1) is 6.10 Å². The van der Waals surface area contributed by atoms with E-state index in [0.29, 0.717) is 19.0 Å². The second-order valence-electron chi connectivity index (χ2n) is 4.92. The van der Waals surface area contributed by atoms with E-state index in [0.717, 1.165) is 32.4 Å². The van der Waals surface area contributed by atoms with Crippen LogP contribution in [0.15, 0.2) is 0 Å². The third-order valence-electron chi connectivity index (χ3n) is 3.64. The molecular weight excluding hydrogens is 204 g/mol. The Balaban J connectivity index is 1.63. The first-order chi connectivity index (χ1) is 7.75. The Bertz CT molecular complexity index is 239. The summed E-state index contributed by atoms with van der Waals surface area (Å²) in [6.07, 6.45) is 5.49. The molecule has 2 saturated heterocycles. The van der Waals surface area contributed by atoms with Gasteiger partial charge in [-0.1, -0.05) is 0 Å². The molecule has 16 heavy (non-hydrogen) atoms. The van der Waals surface area contributed by atoms with E-state index in [2.05, 4.69) is 17.3 Å². The minimum absolute atomic E-state index is 0.175. The van der Waals surface area contributed by atoms with Crippen LogP contribution in [-0.2, 0) is 9.53 Å². The molecule has 1 amide bonds. The maximum Gasteiger partial charge on any atom is 0.221 e. The molecule has 0 saturated carbocycles. The van der Waals surface area contributed by atoms with Crippen molar-refractivity contribution in [3.05, 3.63) is 0 Å². The molecule has 0 aromatic heterocycles. The van der Waals surface area contributed by atoms with Crippen molar-refractivity contribution in [3.63, 3.8) is 0 Å². The number of rotatable bonds is 4. The first-order valence-corrected chi connectivity index (χ1v) is 6.34. The van der Waals surface area contributed by atoms with Crippen molar-refractivity contribution in [3.8, 4) is 0 Å². The average molecular weight is 226 g/mol.